The summed E-state index contributed by atoms with van der Waals surface area (Å²) < 4.78 is 5.04. The Balaban J connectivity index is 1.60. The number of carbonyl (C=O) groups excluding carboxylic acids is 2. The molecule has 1 aromatic rings. The first-order chi connectivity index (χ1) is 12.0. The number of benzene rings is 1. The van der Waals surface area contributed by atoms with Crippen molar-refractivity contribution in [2.45, 2.75) is 32.8 Å². The van der Waals surface area contributed by atoms with Crippen molar-refractivity contribution in [1.82, 2.24) is 15.1 Å². The van der Waals surface area contributed by atoms with Crippen molar-refractivity contribution in [3.63, 3.8) is 0 Å². The Hall–Kier alpha value is -2.08. The Morgan fingerprint density at radius 1 is 1.12 bits per heavy atom. The highest BCUT2D eigenvalue weighted by Gasteiger charge is 2.20. The highest BCUT2D eigenvalue weighted by Crippen LogP contribution is 2.06. The van der Waals surface area contributed by atoms with Crippen molar-refractivity contribution in [3.8, 4) is 0 Å². The van der Waals surface area contributed by atoms with E-state index in [-0.39, 0.29) is 24.5 Å². The van der Waals surface area contributed by atoms with Crippen LogP contribution in [-0.4, -0.2) is 67.2 Å². The Kier molecular flexibility index (Phi) is 7.73. The third-order valence-corrected chi connectivity index (χ3v) is 4.19. The maximum absolute atomic E-state index is 12.1. The molecule has 1 aliphatic heterocycles. The molecule has 0 atom stereocenters. The summed E-state index contributed by atoms with van der Waals surface area (Å²) in [6.07, 6.45) is 1.12. The van der Waals surface area contributed by atoms with Gasteiger partial charge in [-0.3, -0.25) is 9.69 Å². The Labute approximate surface area is 150 Å². The molecule has 2 rings (SSSR count). The number of ether oxygens (including phenoxy) is 1. The van der Waals surface area contributed by atoms with Crippen molar-refractivity contribution in [2.24, 2.45) is 0 Å². The molecule has 138 valence electrons. The van der Waals surface area contributed by atoms with Crippen molar-refractivity contribution in [1.29, 1.82) is 0 Å². The van der Waals surface area contributed by atoms with Gasteiger partial charge in [-0.05, 0) is 25.8 Å². The van der Waals surface area contributed by atoms with Crippen LogP contribution in [-0.2, 0) is 16.0 Å². The van der Waals surface area contributed by atoms with Gasteiger partial charge in [0.05, 0.1) is 12.5 Å². The van der Waals surface area contributed by atoms with Crippen LogP contribution in [0, 0.1) is 0 Å². The van der Waals surface area contributed by atoms with E-state index in [4.69, 9.17) is 4.74 Å². The standard InChI is InChI=1S/C19H29N3O3/c1-16(2)25-18(23)8-10-20-19(24)22-14-12-21(13-15-22)11-9-17-6-4-3-5-7-17/h3-7,16H,8-15H2,1-2H3,(H,20,24). The summed E-state index contributed by atoms with van der Waals surface area (Å²) in [6.45, 7) is 8.17. The molecule has 6 heteroatoms. The number of rotatable bonds is 7. The molecule has 0 aliphatic carbocycles. The highest BCUT2D eigenvalue weighted by atomic mass is 16.5. The lowest BCUT2D eigenvalue weighted by atomic mass is 10.1. The zero-order valence-electron chi connectivity index (χ0n) is 15.2. The fraction of sp³-hybridized carbons (Fsp3) is 0.579. The van der Waals surface area contributed by atoms with E-state index in [9.17, 15) is 9.59 Å². The molecule has 0 saturated carbocycles. The maximum atomic E-state index is 12.1. The Bertz CT molecular complexity index is 540. The number of piperazine rings is 1. The Morgan fingerprint density at radius 3 is 2.44 bits per heavy atom. The van der Waals surface area contributed by atoms with Crippen LogP contribution in [0.5, 0.6) is 0 Å². The lowest BCUT2D eigenvalue weighted by Crippen LogP contribution is -2.52. The molecule has 1 fully saturated rings. The first-order valence-corrected chi connectivity index (χ1v) is 9.03. The first kappa shape index (κ1) is 19.2. The molecule has 1 saturated heterocycles. The van der Waals surface area contributed by atoms with Gasteiger partial charge in [-0.2, -0.15) is 0 Å². The van der Waals surface area contributed by atoms with Crippen LogP contribution >= 0.6 is 0 Å². The van der Waals surface area contributed by atoms with Gasteiger partial charge < -0.3 is 15.0 Å². The molecule has 0 unspecified atom stereocenters. The van der Waals surface area contributed by atoms with Gasteiger partial charge in [0.2, 0.25) is 0 Å². The van der Waals surface area contributed by atoms with Gasteiger partial charge in [-0.1, -0.05) is 30.3 Å². The molecule has 2 amide bonds. The average molecular weight is 347 g/mol. The van der Waals surface area contributed by atoms with Gasteiger partial charge in [-0.25, -0.2) is 4.79 Å². The second-order valence-electron chi connectivity index (χ2n) is 6.58. The van der Waals surface area contributed by atoms with Gasteiger partial charge in [0, 0.05) is 39.3 Å². The molecule has 0 bridgehead atoms. The molecular weight excluding hydrogens is 318 g/mol. The predicted octanol–water partition coefficient (Wildman–Crippen LogP) is 1.90. The highest BCUT2D eigenvalue weighted by molar-refractivity contribution is 5.75. The van der Waals surface area contributed by atoms with Crippen molar-refractivity contribution < 1.29 is 14.3 Å². The maximum Gasteiger partial charge on any atom is 0.317 e. The molecule has 1 N–H and O–H groups in total. The number of esters is 1. The van der Waals surface area contributed by atoms with Crippen LogP contribution in [0.3, 0.4) is 0 Å². The minimum Gasteiger partial charge on any atom is -0.463 e. The molecule has 1 aliphatic rings. The number of hydrogen-bond donors (Lipinski definition) is 1. The molecule has 0 radical (unpaired) electrons. The SMILES string of the molecule is CC(C)OC(=O)CCNC(=O)N1CCN(CCc2ccccc2)CC1. The molecule has 1 heterocycles. The zero-order chi connectivity index (χ0) is 18.1. The van der Waals surface area contributed by atoms with E-state index in [1.807, 2.05) is 24.8 Å². The van der Waals surface area contributed by atoms with E-state index >= 15 is 0 Å². The summed E-state index contributed by atoms with van der Waals surface area (Å²) in [5, 5.41) is 2.80. The summed E-state index contributed by atoms with van der Waals surface area (Å²) >= 11 is 0. The lowest BCUT2D eigenvalue weighted by Gasteiger charge is -2.34. The van der Waals surface area contributed by atoms with Gasteiger partial charge in [0.15, 0.2) is 0 Å². The third-order valence-electron chi connectivity index (χ3n) is 4.19. The summed E-state index contributed by atoms with van der Waals surface area (Å²) in [5.41, 5.74) is 1.34. The third kappa shape index (κ3) is 7.13. The van der Waals surface area contributed by atoms with E-state index < -0.39 is 0 Å². The minimum atomic E-state index is -0.277. The van der Waals surface area contributed by atoms with E-state index in [1.165, 1.54) is 5.56 Å². The van der Waals surface area contributed by atoms with Crippen molar-refractivity contribution >= 4 is 12.0 Å². The van der Waals surface area contributed by atoms with Crippen LogP contribution in [0.25, 0.3) is 0 Å². The van der Waals surface area contributed by atoms with Crippen LogP contribution in [0.2, 0.25) is 0 Å². The van der Waals surface area contributed by atoms with Crippen molar-refractivity contribution in [2.75, 3.05) is 39.3 Å². The fourth-order valence-electron chi connectivity index (χ4n) is 2.81. The van der Waals surface area contributed by atoms with Gasteiger partial charge in [0.1, 0.15) is 0 Å². The van der Waals surface area contributed by atoms with Crippen LogP contribution < -0.4 is 5.32 Å². The predicted molar refractivity (Wildman–Crippen MR) is 97.4 cm³/mol. The van der Waals surface area contributed by atoms with Crippen LogP contribution in [0.1, 0.15) is 25.8 Å². The largest absolute Gasteiger partial charge is 0.463 e. The van der Waals surface area contributed by atoms with E-state index in [2.05, 4.69) is 34.5 Å². The van der Waals surface area contributed by atoms with Gasteiger partial charge in [-0.15, -0.1) is 0 Å². The van der Waals surface area contributed by atoms with Gasteiger partial charge in [0.25, 0.3) is 0 Å². The quantitative estimate of drug-likeness (QED) is 0.765. The smallest absolute Gasteiger partial charge is 0.317 e. The van der Waals surface area contributed by atoms with Gasteiger partial charge >= 0.3 is 12.0 Å². The number of carbonyl (C=O) groups is 2. The lowest BCUT2D eigenvalue weighted by molar-refractivity contribution is -0.147. The molecule has 0 aromatic heterocycles. The average Bonchev–Trinajstić information content (AvgIpc) is 2.60. The number of nitrogens with one attached hydrogen (secondary N) is 1. The second-order valence-corrected chi connectivity index (χ2v) is 6.58. The summed E-state index contributed by atoms with van der Waals surface area (Å²) in [4.78, 5) is 27.8. The fourth-order valence-corrected chi connectivity index (χ4v) is 2.81. The van der Waals surface area contributed by atoms with Crippen molar-refractivity contribution in [3.05, 3.63) is 35.9 Å². The zero-order valence-corrected chi connectivity index (χ0v) is 15.2. The van der Waals surface area contributed by atoms with Crippen LogP contribution in [0.4, 0.5) is 4.79 Å². The van der Waals surface area contributed by atoms with Crippen LogP contribution in [0.15, 0.2) is 30.3 Å². The monoisotopic (exact) mass is 347 g/mol. The first-order valence-electron chi connectivity index (χ1n) is 9.03. The molecule has 1 aromatic carbocycles. The Morgan fingerprint density at radius 2 is 1.80 bits per heavy atom. The second kappa shape index (κ2) is 10.0. The topological polar surface area (TPSA) is 61.9 Å². The van der Waals surface area contributed by atoms with E-state index in [1.54, 1.807) is 0 Å². The number of nitrogens with zero attached hydrogens (tertiary/aromatic N) is 2. The van der Waals surface area contributed by atoms with E-state index in [0.29, 0.717) is 6.54 Å². The summed E-state index contributed by atoms with van der Waals surface area (Å²) in [5.74, 6) is -0.277. The number of amides is 2. The minimum absolute atomic E-state index is 0.0972. The molecule has 0 spiro atoms. The molecule has 25 heavy (non-hydrogen) atoms. The molecular formula is C19H29N3O3. The summed E-state index contributed by atoms with van der Waals surface area (Å²) in [6, 6.07) is 10.4. The normalized spacial score (nSPS) is 15.2. The van der Waals surface area contributed by atoms with E-state index in [0.717, 1.165) is 39.1 Å². The molecule has 6 nitrogen and oxygen atoms in total. The summed E-state index contributed by atoms with van der Waals surface area (Å²) in [7, 11) is 0. The number of hydrogen-bond acceptors (Lipinski definition) is 4. The number of urea groups is 1.